The van der Waals surface area contributed by atoms with Crippen LogP contribution in [0.2, 0.25) is 0 Å². The number of halogens is 1. The van der Waals surface area contributed by atoms with E-state index in [-0.39, 0.29) is 16.8 Å². The molecule has 2 rings (SSSR count). The fourth-order valence-electron chi connectivity index (χ4n) is 2.60. The largest absolute Gasteiger partial charge is 0.316 e. The van der Waals surface area contributed by atoms with Crippen LogP contribution in [-0.4, -0.2) is 46.5 Å². The molecule has 0 spiro atoms. The van der Waals surface area contributed by atoms with Gasteiger partial charge >= 0.3 is 0 Å². The molecular weight excluding hydrogens is 293 g/mol. The number of nitrogens with one attached hydrogen (secondary N) is 2. The third kappa shape index (κ3) is 3.79. The summed E-state index contributed by atoms with van der Waals surface area (Å²) in [6, 6.07) is 2.70. The lowest BCUT2D eigenvalue weighted by atomic mass is 10.1. The quantitative estimate of drug-likeness (QED) is 0.845. The Labute approximate surface area is 125 Å². The SMILES string of the molecule is CNCc1cc(S(=O)(=O)NC2CCN(C)C2)cc(C)c1F. The van der Waals surface area contributed by atoms with Crippen LogP contribution in [0.5, 0.6) is 0 Å². The van der Waals surface area contributed by atoms with E-state index in [1.807, 2.05) is 7.05 Å². The van der Waals surface area contributed by atoms with Crippen LogP contribution >= 0.6 is 0 Å². The minimum Gasteiger partial charge on any atom is -0.316 e. The number of aryl methyl sites for hydroxylation is 1. The molecule has 118 valence electrons. The van der Waals surface area contributed by atoms with Gasteiger partial charge < -0.3 is 10.2 Å². The zero-order chi connectivity index (χ0) is 15.6. The molecular formula is C14H22FN3O2S. The lowest BCUT2D eigenvalue weighted by Crippen LogP contribution is -2.36. The highest BCUT2D eigenvalue weighted by Crippen LogP contribution is 2.20. The molecule has 1 aliphatic rings. The van der Waals surface area contributed by atoms with Gasteiger partial charge in [0, 0.05) is 24.7 Å². The number of hydrogen-bond donors (Lipinski definition) is 2. The molecule has 1 aliphatic heterocycles. The molecule has 0 bridgehead atoms. The molecule has 1 aromatic rings. The molecule has 7 heteroatoms. The second-order valence-electron chi connectivity index (χ2n) is 5.61. The molecule has 0 radical (unpaired) electrons. The number of rotatable bonds is 5. The van der Waals surface area contributed by atoms with Crippen molar-refractivity contribution in [2.75, 3.05) is 27.2 Å². The molecule has 1 unspecified atom stereocenters. The lowest BCUT2D eigenvalue weighted by molar-refractivity contribution is 0.407. The first-order chi connectivity index (χ1) is 9.83. The summed E-state index contributed by atoms with van der Waals surface area (Å²) < 4.78 is 41.5. The summed E-state index contributed by atoms with van der Waals surface area (Å²) in [6.07, 6.45) is 0.791. The Morgan fingerprint density at radius 3 is 2.71 bits per heavy atom. The van der Waals surface area contributed by atoms with Crippen LogP contribution < -0.4 is 10.0 Å². The second kappa shape index (κ2) is 6.39. The van der Waals surface area contributed by atoms with Gasteiger partial charge in [0.2, 0.25) is 10.0 Å². The zero-order valence-electron chi connectivity index (χ0n) is 12.6. The average molecular weight is 315 g/mol. The van der Waals surface area contributed by atoms with Gasteiger partial charge in [-0.05, 0) is 51.7 Å². The van der Waals surface area contributed by atoms with Gasteiger partial charge in [0.25, 0.3) is 0 Å². The molecule has 1 aromatic carbocycles. The Bertz CT molecular complexity index is 619. The van der Waals surface area contributed by atoms with E-state index in [0.29, 0.717) is 24.2 Å². The van der Waals surface area contributed by atoms with Gasteiger partial charge in [-0.1, -0.05) is 0 Å². The summed E-state index contributed by atoms with van der Waals surface area (Å²) in [6.45, 7) is 3.45. The number of sulfonamides is 1. The summed E-state index contributed by atoms with van der Waals surface area (Å²) in [4.78, 5) is 2.21. The van der Waals surface area contributed by atoms with E-state index < -0.39 is 10.0 Å². The van der Waals surface area contributed by atoms with Crippen molar-refractivity contribution < 1.29 is 12.8 Å². The van der Waals surface area contributed by atoms with E-state index in [2.05, 4.69) is 14.9 Å². The summed E-state index contributed by atoms with van der Waals surface area (Å²) in [7, 11) is 0.0384. The van der Waals surface area contributed by atoms with Crippen molar-refractivity contribution in [2.45, 2.75) is 30.8 Å². The minimum absolute atomic E-state index is 0.0851. The van der Waals surface area contributed by atoms with Crippen LogP contribution in [0.1, 0.15) is 17.5 Å². The monoisotopic (exact) mass is 315 g/mol. The molecule has 1 heterocycles. The zero-order valence-corrected chi connectivity index (χ0v) is 13.4. The third-order valence-corrected chi connectivity index (χ3v) is 5.19. The Morgan fingerprint density at radius 2 is 2.14 bits per heavy atom. The van der Waals surface area contributed by atoms with Crippen LogP contribution in [0.25, 0.3) is 0 Å². The van der Waals surface area contributed by atoms with Crippen molar-refractivity contribution in [1.29, 1.82) is 0 Å². The van der Waals surface area contributed by atoms with Crippen molar-refractivity contribution in [3.63, 3.8) is 0 Å². The maximum Gasteiger partial charge on any atom is 0.240 e. The third-order valence-electron chi connectivity index (χ3n) is 3.69. The van der Waals surface area contributed by atoms with Gasteiger partial charge in [0.15, 0.2) is 0 Å². The molecule has 2 N–H and O–H groups in total. The maximum absolute atomic E-state index is 14.0. The van der Waals surface area contributed by atoms with E-state index >= 15 is 0 Å². The van der Waals surface area contributed by atoms with Gasteiger partial charge in [0.05, 0.1) is 4.90 Å². The number of nitrogens with zero attached hydrogens (tertiary/aromatic N) is 1. The summed E-state index contributed by atoms with van der Waals surface area (Å²) in [5.74, 6) is -0.358. The smallest absolute Gasteiger partial charge is 0.240 e. The van der Waals surface area contributed by atoms with Crippen LogP contribution in [0.15, 0.2) is 17.0 Å². The predicted molar refractivity (Wildman–Crippen MR) is 80.1 cm³/mol. The molecule has 21 heavy (non-hydrogen) atoms. The van der Waals surface area contributed by atoms with Crippen LogP contribution in [-0.2, 0) is 16.6 Å². The topological polar surface area (TPSA) is 61.4 Å². The fraction of sp³-hybridized carbons (Fsp3) is 0.571. The minimum atomic E-state index is -3.62. The number of hydrogen-bond acceptors (Lipinski definition) is 4. The van der Waals surface area contributed by atoms with E-state index in [4.69, 9.17) is 0 Å². The van der Waals surface area contributed by atoms with Crippen molar-refractivity contribution in [2.24, 2.45) is 0 Å². The maximum atomic E-state index is 14.0. The van der Waals surface area contributed by atoms with Crippen molar-refractivity contribution in [3.05, 3.63) is 29.1 Å². The summed E-state index contributed by atoms with van der Waals surface area (Å²) in [5, 5.41) is 2.85. The van der Waals surface area contributed by atoms with Crippen LogP contribution in [0.4, 0.5) is 4.39 Å². The first kappa shape index (κ1) is 16.4. The average Bonchev–Trinajstić information content (AvgIpc) is 2.79. The van der Waals surface area contributed by atoms with Crippen molar-refractivity contribution in [3.8, 4) is 0 Å². The van der Waals surface area contributed by atoms with Crippen LogP contribution in [0, 0.1) is 12.7 Å². The number of benzene rings is 1. The predicted octanol–water partition coefficient (Wildman–Crippen LogP) is 0.836. The molecule has 5 nitrogen and oxygen atoms in total. The highest BCUT2D eigenvalue weighted by atomic mass is 32.2. The molecule has 0 aromatic heterocycles. The first-order valence-electron chi connectivity index (χ1n) is 6.98. The molecule has 1 saturated heterocycles. The van der Waals surface area contributed by atoms with E-state index in [9.17, 15) is 12.8 Å². The second-order valence-corrected chi connectivity index (χ2v) is 7.33. The van der Waals surface area contributed by atoms with E-state index in [0.717, 1.165) is 13.0 Å². The van der Waals surface area contributed by atoms with Gasteiger partial charge in [0.1, 0.15) is 5.82 Å². The van der Waals surface area contributed by atoms with Gasteiger partial charge in [-0.25, -0.2) is 17.5 Å². The molecule has 0 saturated carbocycles. The molecule has 1 fully saturated rings. The Balaban J connectivity index is 2.27. The molecule has 0 amide bonds. The standard InChI is InChI=1S/C14H22FN3O2S/c1-10-6-13(7-11(8-16-2)14(10)15)21(19,20)17-12-4-5-18(3)9-12/h6-7,12,16-17H,4-5,8-9H2,1-3H3. The highest BCUT2D eigenvalue weighted by Gasteiger charge is 2.26. The Kier molecular flexibility index (Phi) is 4.98. The van der Waals surface area contributed by atoms with E-state index in [1.165, 1.54) is 12.1 Å². The van der Waals surface area contributed by atoms with Crippen molar-refractivity contribution in [1.82, 2.24) is 14.9 Å². The van der Waals surface area contributed by atoms with Crippen LogP contribution in [0.3, 0.4) is 0 Å². The van der Waals surface area contributed by atoms with Gasteiger partial charge in [-0.3, -0.25) is 0 Å². The van der Waals surface area contributed by atoms with Gasteiger partial charge in [-0.2, -0.15) is 0 Å². The number of likely N-dealkylation sites (tertiary alicyclic amines) is 1. The van der Waals surface area contributed by atoms with E-state index in [1.54, 1.807) is 14.0 Å². The fourth-order valence-corrected chi connectivity index (χ4v) is 4.00. The van der Waals surface area contributed by atoms with Gasteiger partial charge in [-0.15, -0.1) is 0 Å². The summed E-state index contributed by atoms with van der Waals surface area (Å²) >= 11 is 0. The highest BCUT2D eigenvalue weighted by molar-refractivity contribution is 7.89. The first-order valence-corrected chi connectivity index (χ1v) is 8.46. The normalized spacial score (nSPS) is 20.1. The number of likely N-dealkylation sites (N-methyl/N-ethyl adjacent to an activating group) is 1. The van der Waals surface area contributed by atoms with Crippen molar-refractivity contribution >= 4 is 10.0 Å². The molecule has 0 aliphatic carbocycles. The summed E-state index contributed by atoms with van der Waals surface area (Å²) in [5.41, 5.74) is 0.702. The lowest BCUT2D eigenvalue weighted by Gasteiger charge is -2.15. The molecule has 1 atom stereocenters. The Hall–Kier alpha value is -1.02. The Morgan fingerprint density at radius 1 is 1.43 bits per heavy atom.